The SMILES string of the molecule is CC/C=C\C/C=C\C/C=C\C/C=C\CC=ICCCC(=O)OCC(C)(C)[C@@H](OI)C(=O)NCCC(C)=O. The van der Waals surface area contributed by atoms with E-state index in [2.05, 4.69) is 64.9 Å². The number of carbonyl (C=O) groups excluding carboxylic acids is 3. The van der Waals surface area contributed by atoms with E-state index in [-0.39, 0.29) is 58.0 Å². The Bertz CT molecular complexity index is 800. The van der Waals surface area contributed by atoms with Gasteiger partial charge in [-0.3, -0.25) is 14.4 Å². The van der Waals surface area contributed by atoms with E-state index in [1.807, 2.05) is 13.8 Å². The first-order chi connectivity index (χ1) is 17.7. The summed E-state index contributed by atoms with van der Waals surface area (Å²) in [4.78, 5) is 35.6. The summed E-state index contributed by atoms with van der Waals surface area (Å²) in [6.45, 7) is 7.62. The van der Waals surface area contributed by atoms with E-state index in [0.717, 1.165) is 43.0 Å². The summed E-state index contributed by atoms with van der Waals surface area (Å²) in [5, 5.41) is 2.70. The molecule has 0 aliphatic heterocycles. The van der Waals surface area contributed by atoms with Gasteiger partial charge in [-0.25, -0.2) is 0 Å². The van der Waals surface area contributed by atoms with E-state index in [9.17, 15) is 14.4 Å². The van der Waals surface area contributed by atoms with E-state index >= 15 is 0 Å². The number of ether oxygens (including phenoxy) is 1. The summed E-state index contributed by atoms with van der Waals surface area (Å²) in [7, 11) is 0. The first-order valence-electron chi connectivity index (χ1n) is 12.9. The molecule has 0 aliphatic rings. The van der Waals surface area contributed by atoms with Gasteiger partial charge in [-0.15, -0.1) is 20.7 Å². The van der Waals surface area contributed by atoms with Crippen molar-refractivity contribution >= 4 is 65.4 Å². The van der Waals surface area contributed by atoms with Gasteiger partial charge in [0.1, 0.15) is 28.8 Å². The Labute approximate surface area is 248 Å². The van der Waals surface area contributed by atoms with Crippen LogP contribution < -0.4 is 5.32 Å². The topological polar surface area (TPSA) is 81.7 Å². The quantitative estimate of drug-likeness (QED) is 0.0445. The second-order valence-corrected chi connectivity index (χ2v) is 12.5. The van der Waals surface area contributed by atoms with Gasteiger partial charge in [-0.05, 0) is 49.9 Å². The molecule has 0 bridgehead atoms. The third-order valence-electron chi connectivity index (χ3n) is 5.10. The van der Waals surface area contributed by atoms with Crippen LogP contribution in [0.5, 0.6) is 0 Å². The van der Waals surface area contributed by atoms with E-state index in [1.165, 1.54) is 6.92 Å². The van der Waals surface area contributed by atoms with Crippen molar-refractivity contribution in [1.29, 1.82) is 0 Å². The Morgan fingerprint density at radius 3 is 2.03 bits per heavy atom. The van der Waals surface area contributed by atoms with Crippen molar-refractivity contribution in [2.45, 2.75) is 85.2 Å². The summed E-state index contributed by atoms with van der Waals surface area (Å²) in [5.74, 6) is -0.555. The maximum absolute atomic E-state index is 12.4. The average molecular weight is 741 g/mol. The molecule has 0 aromatic rings. The smallest absolute Gasteiger partial charge is 0.305 e. The van der Waals surface area contributed by atoms with Gasteiger partial charge < -0.3 is 13.1 Å². The van der Waals surface area contributed by atoms with Gasteiger partial charge in [-0.1, -0.05) is 73.4 Å². The van der Waals surface area contributed by atoms with Gasteiger partial charge in [0.25, 0.3) is 5.91 Å². The number of hydrogen-bond donors (Lipinski definition) is 1. The van der Waals surface area contributed by atoms with Crippen molar-refractivity contribution in [2.75, 3.05) is 17.6 Å². The molecule has 0 aromatic carbocycles. The van der Waals surface area contributed by atoms with E-state index in [4.69, 9.17) is 7.80 Å². The van der Waals surface area contributed by atoms with Gasteiger partial charge in [0.05, 0.1) is 6.61 Å². The molecule has 0 saturated carbocycles. The van der Waals surface area contributed by atoms with Crippen molar-refractivity contribution < 1.29 is 22.2 Å². The number of nitrogens with one attached hydrogen (secondary N) is 1. The Morgan fingerprint density at radius 1 is 0.919 bits per heavy atom. The molecule has 0 aliphatic carbocycles. The normalized spacial score (nSPS) is 13.6. The molecule has 0 spiro atoms. The second-order valence-electron chi connectivity index (χ2n) is 9.20. The van der Waals surface area contributed by atoms with Gasteiger partial charge in [0.15, 0.2) is 6.10 Å². The van der Waals surface area contributed by atoms with Crippen LogP contribution in [0.2, 0.25) is 0 Å². The molecular weight excluding hydrogens is 696 g/mol. The molecule has 210 valence electrons. The molecule has 0 heterocycles. The minimum Gasteiger partial charge on any atom is -0.465 e. The molecule has 6 nitrogen and oxygen atoms in total. The monoisotopic (exact) mass is 741 g/mol. The summed E-state index contributed by atoms with van der Waals surface area (Å²) in [6, 6.07) is 0. The molecule has 0 aromatic heterocycles. The summed E-state index contributed by atoms with van der Waals surface area (Å²) in [6.07, 6.45) is 23.3. The van der Waals surface area contributed by atoms with Crippen molar-refractivity contribution in [3.8, 4) is 0 Å². The van der Waals surface area contributed by atoms with Crippen LogP contribution in [0.3, 0.4) is 0 Å². The molecule has 0 fully saturated rings. The van der Waals surface area contributed by atoms with Crippen LogP contribution in [0.4, 0.5) is 0 Å². The fourth-order valence-corrected chi connectivity index (χ4v) is 5.78. The minimum absolute atomic E-state index is 0.00944. The van der Waals surface area contributed by atoms with E-state index < -0.39 is 11.5 Å². The lowest BCUT2D eigenvalue weighted by molar-refractivity contribution is -0.151. The first-order valence-corrected chi connectivity index (χ1v) is 16.6. The Morgan fingerprint density at radius 2 is 1.49 bits per heavy atom. The predicted molar refractivity (Wildman–Crippen MR) is 171 cm³/mol. The number of rotatable bonds is 21. The summed E-state index contributed by atoms with van der Waals surface area (Å²) in [5.41, 5.74) is -0.693. The zero-order valence-corrected chi connectivity index (χ0v) is 27.2. The Balaban J connectivity index is 4.03. The van der Waals surface area contributed by atoms with Crippen molar-refractivity contribution in [2.24, 2.45) is 5.41 Å². The van der Waals surface area contributed by atoms with Crippen LogP contribution in [-0.4, -0.2) is 45.4 Å². The second kappa shape index (κ2) is 23.9. The number of Topliss-reactive ketones (excluding diaryl/α,β-unsaturated/α-hetero) is 1. The fraction of sp³-hybridized carbons (Fsp3) is 0.586. The molecule has 1 N–H and O–H groups in total. The molecular formula is C29H45I2NO5. The van der Waals surface area contributed by atoms with Gasteiger partial charge in [0.2, 0.25) is 0 Å². The summed E-state index contributed by atoms with van der Waals surface area (Å²) < 4.78 is 14.1. The highest BCUT2D eigenvalue weighted by atomic mass is 127. The Hall–Kier alpha value is -1.14. The van der Waals surface area contributed by atoms with E-state index in [0.29, 0.717) is 6.42 Å². The van der Waals surface area contributed by atoms with E-state index in [1.54, 1.807) is 23.0 Å². The highest BCUT2D eigenvalue weighted by Gasteiger charge is 2.37. The van der Waals surface area contributed by atoms with Crippen LogP contribution in [0.25, 0.3) is 0 Å². The minimum atomic E-state index is -0.785. The third-order valence-corrected chi connectivity index (χ3v) is 8.12. The number of ketones is 1. The standard InChI is InChI=1S/C29H45I2NO5/c1-5-6-7-8-9-10-11-12-13-14-15-16-17-21-31-22-18-19-26(34)36-24-29(3,4)27(37-30)28(35)32-23-20-25(2)33/h6-7,9-10,12-13,15-16,21,27H,5,8,11,14,17-20,22-24H2,1-4H3,(H,32,35)/b7-6-,10-9-,13-12-,16-15-/t27-/m0/s1. The van der Waals surface area contributed by atoms with Gasteiger partial charge in [-0.2, -0.15) is 0 Å². The highest BCUT2D eigenvalue weighted by Crippen LogP contribution is 2.26. The molecule has 37 heavy (non-hydrogen) atoms. The van der Waals surface area contributed by atoms with Gasteiger partial charge in [0, 0.05) is 24.8 Å². The van der Waals surface area contributed by atoms with Crippen LogP contribution in [0.1, 0.15) is 79.1 Å². The lowest BCUT2D eigenvalue weighted by Gasteiger charge is -2.30. The average Bonchev–Trinajstić information content (AvgIpc) is 2.84. The molecule has 0 rings (SSSR count). The lowest BCUT2D eigenvalue weighted by atomic mass is 9.87. The molecule has 0 unspecified atom stereocenters. The third kappa shape index (κ3) is 21.5. The number of esters is 1. The maximum Gasteiger partial charge on any atom is 0.305 e. The van der Waals surface area contributed by atoms with Crippen LogP contribution in [0.15, 0.2) is 48.6 Å². The first kappa shape index (κ1) is 35.9. The number of carbonyl (C=O) groups is 3. The zero-order chi connectivity index (χ0) is 27.8. The maximum atomic E-state index is 12.4. The molecule has 8 heteroatoms. The lowest BCUT2D eigenvalue weighted by Crippen LogP contribution is -2.47. The zero-order valence-electron chi connectivity index (χ0n) is 22.8. The van der Waals surface area contributed by atoms with Crippen LogP contribution in [0, 0.1) is 5.41 Å². The van der Waals surface area contributed by atoms with Crippen molar-refractivity contribution in [3.63, 3.8) is 0 Å². The number of halogens is 2. The fourth-order valence-electron chi connectivity index (χ4n) is 2.94. The number of amides is 1. The predicted octanol–water partition coefficient (Wildman–Crippen LogP) is 7.13. The summed E-state index contributed by atoms with van der Waals surface area (Å²) >= 11 is 1.66. The van der Waals surface area contributed by atoms with Gasteiger partial charge >= 0.3 is 5.97 Å². The van der Waals surface area contributed by atoms with Crippen molar-refractivity contribution in [3.05, 3.63) is 48.6 Å². The molecule has 0 saturated heterocycles. The van der Waals surface area contributed by atoms with Crippen LogP contribution >= 0.6 is 43.7 Å². The largest absolute Gasteiger partial charge is 0.465 e. The highest BCUT2D eigenvalue weighted by molar-refractivity contribution is 14.2. The number of alkyl halides is 1. The van der Waals surface area contributed by atoms with Crippen LogP contribution in [-0.2, 0) is 22.2 Å². The molecule has 1 atom stereocenters. The number of hydrogen-bond acceptors (Lipinski definition) is 5. The Kier molecular flexibility index (Phi) is 23.2. The molecule has 1 amide bonds. The molecule has 0 radical (unpaired) electrons. The number of allylic oxidation sites excluding steroid dienone is 8. The van der Waals surface area contributed by atoms with Crippen molar-refractivity contribution in [1.82, 2.24) is 5.32 Å².